The molecule has 0 radical (unpaired) electrons. The number of hydrogen-bond donors (Lipinski definition) is 1. The average molecular weight is 153 g/mol. The Morgan fingerprint density at radius 2 is 2.11 bits per heavy atom. The molecule has 0 bridgehead atoms. The fraction of sp³-hybridized carbons (Fsp3) is 1.00. The summed E-state index contributed by atoms with van der Waals surface area (Å²) in [5.74, 6) is -0.438. The molecule has 0 fully saturated rings. The molecule has 5 heteroatoms. The molecule has 0 unspecified atom stereocenters. The number of nitrogens with two attached hydrogens (primary N) is 1. The lowest BCUT2D eigenvalue weighted by atomic mass is 10.5. The van der Waals surface area contributed by atoms with Crippen molar-refractivity contribution in [1.82, 2.24) is 0 Å². The molecule has 0 aliphatic carbocycles. The second kappa shape index (κ2) is 3.81. The zero-order valence-electron chi connectivity index (χ0n) is 5.33. The predicted octanol–water partition coefficient (Wildman–Crippen LogP) is -0.341. The van der Waals surface area contributed by atoms with Crippen LogP contribution in [0.5, 0.6) is 0 Å². The van der Waals surface area contributed by atoms with Crippen molar-refractivity contribution in [2.24, 2.45) is 5.73 Å². The van der Waals surface area contributed by atoms with E-state index >= 15 is 0 Å². The molecule has 0 aromatic heterocycles. The van der Waals surface area contributed by atoms with E-state index in [0.717, 1.165) is 0 Å². The Hall–Kier alpha value is -0.130. The Bertz CT molecular complexity index is 151. The van der Waals surface area contributed by atoms with Crippen LogP contribution in [-0.4, -0.2) is 20.9 Å². The van der Waals surface area contributed by atoms with Gasteiger partial charge >= 0.3 is 0 Å². The summed E-state index contributed by atoms with van der Waals surface area (Å²) in [4.78, 5) is 0. The zero-order valence-corrected chi connectivity index (χ0v) is 6.15. The van der Waals surface area contributed by atoms with Gasteiger partial charge in [-0.3, -0.25) is 4.18 Å². The van der Waals surface area contributed by atoms with E-state index < -0.39 is 16.0 Å². The van der Waals surface area contributed by atoms with Gasteiger partial charge in [0, 0.05) is 0 Å². The van der Waals surface area contributed by atoms with Crippen LogP contribution < -0.4 is 5.73 Å². The van der Waals surface area contributed by atoms with Crippen molar-refractivity contribution in [3.8, 4) is 0 Å². The van der Waals surface area contributed by atoms with Crippen LogP contribution in [-0.2, 0) is 14.3 Å². The minimum absolute atomic E-state index is 0.222. The summed E-state index contributed by atoms with van der Waals surface area (Å²) in [7, 11) is -3.40. The minimum Gasteiger partial charge on any atom is -0.316 e. The lowest BCUT2D eigenvalue weighted by molar-refractivity contribution is 0.318. The fourth-order valence-electron chi connectivity index (χ4n) is 0.258. The van der Waals surface area contributed by atoms with Gasteiger partial charge in [-0.1, -0.05) is 6.92 Å². The summed E-state index contributed by atoms with van der Waals surface area (Å²) in [6, 6.07) is 0. The van der Waals surface area contributed by atoms with Gasteiger partial charge < -0.3 is 5.73 Å². The lowest BCUT2D eigenvalue weighted by Gasteiger charge is -1.98. The van der Waals surface area contributed by atoms with Crippen LogP contribution in [0.4, 0.5) is 0 Å². The molecule has 0 aliphatic heterocycles. The summed E-state index contributed by atoms with van der Waals surface area (Å²) < 4.78 is 25.2. The zero-order chi connectivity index (χ0) is 7.33. The molecule has 0 saturated carbocycles. The molecule has 0 aromatic carbocycles. The average Bonchev–Trinajstić information content (AvgIpc) is 1.84. The van der Waals surface area contributed by atoms with Crippen molar-refractivity contribution in [2.45, 2.75) is 13.3 Å². The monoisotopic (exact) mass is 153 g/mol. The van der Waals surface area contributed by atoms with E-state index in [2.05, 4.69) is 4.18 Å². The third-order valence-electron chi connectivity index (χ3n) is 0.671. The fourth-order valence-corrected chi connectivity index (χ4v) is 0.775. The van der Waals surface area contributed by atoms with Gasteiger partial charge in [-0.2, -0.15) is 8.42 Å². The first-order chi connectivity index (χ1) is 4.12. The molecular weight excluding hydrogens is 142 g/mol. The molecule has 9 heavy (non-hydrogen) atoms. The van der Waals surface area contributed by atoms with E-state index in [4.69, 9.17) is 5.73 Å². The normalized spacial score (nSPS) is 11.8. The van der Waals surface area contributed by atoms with E-state index in [9.17, 15) is 8.42 Å². The molecule has 0 amide bonds. The molecule has 4 nitrogen and oxygen atoms in total. The third-order valence-corrected chi connectivity index (χ3v) is 1.61. The highest BCUT2D eigenvalue weighted by Gasteiger charge is 2.04. The molecule has 0 atom stereocenters. The van der Waals surface area contributed by atoms with E-state index in [1.807, 2.05) is 6.92 Å². The van der Waals surface area contributed by atoms with Crippen LogP contribution in [0.2, 0.25) is 0 Å². The number of hydrogen-bond acceptors (Lipinski definition) is 4. The lowest BCUT2D eigenvalue weighted by Crippen LogP contribution is -2.17. The Labute approximate surface area is 55.1 Å². The molecule has 56 valence electrons. The van der Waals surface area contributed by atoms with Gasteiger partial charge in [0.1, 0.15) is 5.88 Å². The molecule has 0 saturated heterocycles. The van der Waals surface area contributed by atoms with Crippen LogP contribution in [0.15, 0.2) is 0 Å². The highest BCUT2D eigenvalue weighted by atomic mass is 32.2. The SMILES string of the molecule is CCCOS(=O)(=O)CN. The number of rotatable bonds is 4. The van der Waals surface area contributed by atoms with Crippen LogP contribution >= 0.6 is 0 Å². The maximum Gasteiger partial charge on any atom is 0.280 e. The summed E-state index contributed by atoms with van der Waals surface area (Å²) in [5.41, 5.74) is 4.83. The summed E-state index contributed by atoms with van der Waals surface area (Å²) in [6.45, 7) is 2.05. The van der Waals surface area contributed by atoms with Gasteiger partial charge in [0.2, 0.25) is 0 Å². The maximum absolute atomic E-state index is 10.4. The Morgan fingerprint density at radius 1 is 1.56 bits per heavy atom. The second-order valence-electron chi connectivity index (χ2n) is 1.55. The standard InChI is InChI=1S/C4H11NO3S/c1-2-3-8-9(6,7)4-5/h2-5H2,1H3. The van der Waals surface area contributed by atoms with E-state index in [-0.39, 0.29) is 6.61 Å². The van der Waals surface area contributed by atoms with Crippen molar-refractivity contribution in [3.63, 3.8) is 0 Å². The van der Waals surface area contributed by atoms with Gasteiger partial charge in [0.25, 0.3) is 10.1 Å². The molecule has 0 spiro atoms. The predicted molar refractivity (Wildman–Crippen MR) is 34.2 cm³/mol. The largest absolute Gasteiger partial charge is 0.316 e. The Kier molecular flexibility index (Phi) is 3.76. The second-order valence-corrected chi connectivity index (χ2v) is 3.23. The van der Waals surface area contributed by atoms with E-state index in [1.165, 1.54) is 0 Å². The van der Waals surface area contributed by atoms with Crippen molar-refractivity contribution in [3.05, 3.63) is 0 Å². The molecule has 0 aliphatic rings. The molecule has 0 aromatic rings. The van der Waals surface area contributed by atoms with Gasteiger partial charge in [0.05, 0.1) is 6.61 Å². The van der Waals surface area contributed by atoms with E-state index in [1.54, 1.807) is 0 Å². The van der Waals surface area contributed by atoms with Crippen LogP contribution in [0.1, 0.15) is 13.3 Å². The van der Waals surface area contributed by atoms with Gasteiger partial charge in [-0.05, 0) is 6.42 Å². The molecule has 0 heterocycles. The molecule has 0 rings (SSSR count). The highest BCUT2D eigenvalue weighted by Crippen LogP contribution is 1.89. The smallest absolute Gasteiger partial charge is 0.280 e. The third kappa shape index (κ3) is 4.38. The highest BCUT2D eigenvalue weighted by molar-refractivity contribution is 7.86. The molecular formula is C4H11NO3S. The topological polar surface area (TPSA) is 69.4 Å². The van der Waals surface area contributed by atoms with Crippen molar-refractivity contribution in [2.75, 3.05) is 12.5 Å². The van der Waals surface area contributed by atoms with Gasteiger partial charge in [-0.25, -0.2) is 0 Å². The quantitative estimate of drug-likeness (QED) is 0.561. The summed E-state index contributed by atoms with van der Waals surface area (Å²) in [6.07, 6.45) is 0.680. The first-order valence-corrected chi connectivity index (χ1v) is 4.27. The van der Waals surface area contributed by atoms with Gasteiger partial charge in [0.15, 0.2) is 0 Å². The Balaban J connectivity index is 3.61. The van der Waals surface area contributed by atoms with E-state index in [0.29, 0.717) is 6.42 Å². The van der Waals surface area contributed by atoms with Crippen molar-refractivity contribution < 1.29 is 12.6 Å². The van der Waals surface area contributed by atoms with Crippen LogP contribution in [0.25, 0.3) is 0 Å². The first kappa shape index (κ1) is 8.87. The van der Waals surface area contributed by atoms with Crippen LogP contribution in [0.3, 0.4) is 0 Å². The van der Waals surface area contributed by atoms with Crippen molar-refractivity contribution in [1.29, 1.82) is 0 Å². The van der Waals surface area contributed by atoms with Crippen molar-refractivity contribution >= 4 is 10.1 Å². The summed E-state index contributed by atoms with van der Waals surface area (Å²) in [5, 5.41) is 0. The Morgan fingerprint density at radius 3 is 2.44 bits per heavy atom. The molecule has 2 N–H and O–H groups in total. The minimum atomic E-state index is -3.40. The maximum atomic E-state index is 10.4. The van der Waals surface area contributed by atoms with Gasteiger partial charge in [-0.15, -0.1) is 0 Å². The van der Waals surface area contributed by atoms with Crippen LogP contribution in [0, 0.1) is 0 Å². The first-order valence-electron chi connectivity index (χ1n) is 2.69. The summed E-state index contributed by atoms with van der Waals surface area (Å²) >= 11 is 0.